The van der Waals surface area contributed by atoms with Gasteiger partial charge in [0.05, 0.1) is 16.8 Å². The number of esters is 1. The molecule has 0 atom stereocenters. The van der Waals surface area contributed by atoms with Crippen LogP contribution in [0.5, 0.6) is 11.5 Å². The Balaban J connectivity index is 1.47. The Labute approximate surface area is 200 Å². The van der Waals surface area contributed by atoms with Gasteiger partial charge in [-0.3, -0.25) is 9.59 Å². The van der Waals surface area contributed by atoms with E-state index in [1.54, 1.807) is 48.5 Å². The Morgan fingerprint density at radius 1 is 0.909 bits per heavy atom. The topological polar surface area (TPSA) is 72.9 Å². The maximum absolute atomic E-state index is 12.7. The first-order chi connectivity index (χ1) is 15.6. The predicted molar refractivity (Wildman–Crippen MR) is 128 cm³/mol. The van der Waals surface area contributed by atoms with Crippen molar-refractivity contribution in [2.75, 3.05) is 11.5 Å². The fraction of sp³-hybridized carbons (Fsp3) is 0.192. The summed E-state index contributed by atoms with van der Waals surface area (Å²) in [6.07, 6.45) is 0. The summed E-state index contributed by atoms with van der Waals surface area (Å²) >= 11 is 3.47. The van der Waals surface area contributed by atoms with E-state index in [1.165, 1.54) is 6.07 Å². The third kappa shape index (κ3) is 4.68. The van der Waals surface area contributed by atoms with Gasteiger partial charge in [-0.15, -0.1) is 0 Å². The third-order valence-electron chi connectivity index (χ3n) is 5.20. The SMILES string of the molecule is CC(C)(C)c1cc(Br)ccc1OCC(=O)Oc1cccc(N2C(=O)c3ccccc3C2=O)c1. The van der Waals surface area contributed by atoms with Crippen LogP contribution in [0.3, 0.4) is 0 Å². The minimum atomic E-state index is -0.600. The number of carbonyl (C=O) groups excluding carboxylic acids is 3. The van der Waals surface area contributed by atoms with Gasteiger partial charge in [-0.1, -0.05) is 54.9 Å². The van der Waals surface area contributed by atoms with Crippen molar-refractivity contribution < 1.29 is 23.9 Å². The molecule has 6 nitrogen and oxygen atoms in total. The zero-order chi connectivity index (χ0) is 23.8. The van der Waals surface area contributed by atoms with Crippen LogP contribution in [0.2, 0.25) is 0 Å². The molecule has 0 radical (unpaired) electrons. The first kappa shape index (κ1) is 22.7. The van der Waals surface area contributed by atoms with Crippen molar-refractivity contribution in [1.29, 1.82) is 0 Å². The molecule has 2 amide bonds. The molecule has 0 N–H and O–H groups in total. The standard InChI is InChI=1S/C26H22BrNO5/c1-26(2,3)21-13-16(27)11-12-22(21)32-15-23(29)33-18-8-6-7-17(14-18)28-24(30)19-9-4-5-10-20(19)25(28)31/h4-14H,15H2,1-3H3. The zero-order valence-corrected chi connectivity index (χ0v) is 20.0. The van der Waals surface area contributed by atoms with Crippen LogP contribution >= 0.6 is 15.9 Å². The Kier molecular flexibility index (Phi) is 6.08. The summed E-state index contributed by atoms with van der Waals surface area (Å²) in [5.74, 6) is -0.607. The average molecular weight is 508 g/mol. The second kappa shape index (κ2) is 8.83. The summed E-state index contributed by atoms with van der Waals surface area (Å²) in [5, 5.41) is 0. The number of nitrogens with zero attached hydrogens (tertiary/aromatic N) is 1. The van der Waals surface area contributed by atoms with Crippen LogP contribution in [-0.2, 0) is 10.2 Å². The van der Waals surface area contributed by atoms with Gasteiger partial charge >= 0.3 is 5.97 Å². The van der Waals surface area contributed by atoms with Crippen molar-refractivity contribution >= 4 is 39.4 Å². The van der Waals surface area contributed by atoms with E-state index in [4.69, 9.17) is 9.47 Å². The smallest absolute Gasteiger partial charge is 0.349 e. The van der Waals surface area contributed by atoms with E-state index in [9.17, 15) is 14.4 Å². The molecule has 0 aliphatic carbocycles. The number of carbonyl (C=O) groups is 3. The fourth-order valence-corrected chi connectivity index (χ4v) is 3.98. The van der Waals surface area contributed by atoms with Gasteiger partial charge in [-0.05, 0) is 47.9 Å². The lowest BCUT2D eigenvalue weighted by molar-refractivity contribution is -0.136. The van der Waals surface area contributed by atoms with Crippen molar-refractivity contribution in [3.8, 4) is 11.5 Å². The Hall–Kier alpha value is -3.45. The summed E-state index contributed by atoms with van der Waals surface area (Å²) in [5.41, 5.74) is 1.81. The van der Waals surface area contributed by atoms with Gasteiger partial charge < -0.3 is 9.47 Å². The third-order valence-corrected chi connectivity index (χ3v) is 5.69. The largest absolute Gasteiger partial charge is 0.482 e. The maximum atomic E-state index is 12.7. The van der Waals surface area contributed by atoms with E-state index in [-0.39, 0.29) is 17.8 Å². The van der Waals surface area contributed by atoms with Crippen molar-refractivity contribution in [3.05, 3.63) is 87.9 Å². The van der Waals surface area contributed by atoms with Crippen LogP contribution < -0.4 is 14.4 Å². The molecule has 1 aliphatic rings. The number of hydrogen-bond acceptors (Lipinski definition) is 5. The summed E-state index contributed by atoms with van der Waals surface area (Å²) < 4.78 is 12.1. The van der Waals surface area contributed by atoms with E-state index in [2.05, 4.69) is 36.7 Å². The predicted octanol–water partition coefficient (Wildman–Crippen LogP) is 5.53. The van der Waals surface area contributed by atoms with Gasteiger partial charge in [0.2, 0.25) is 0 Å². The molecule has 1 aliphatic heterocycles. The van der Waals surface area contributed by atoms with Gasteiger partial charge in [0, 0.05) is 16.1 Å². The molecule has 0 bridgehead atoms. The minimum Gasteiger partial charge on any atom is -0.482 e. The van der Waals surface area contributed by atoms with Crippen LogP contribution in [0, 0.1) is 0 Å². The first-order valence-corrected chi connectivity index (χ1v) is 11.2. The Bertz CT molecular complexity index is 1230. The van der Waals surface area contributed by atoms with Crippen molar-refractivity contribution in [2.45, 2.75) is 26.2 Å². The van der Waals surface area contributed by atoms with Gasteiger partial charge in [-0.25, -0.2) is 9.69 Å². The Morgan fingerprint density at radius 2 is 1.58 bits per heavy atom. The molecular weight excluding hydrogens is 486 g/mol. The highest BCUT2D eigenvalue weighted by Crippen LogP contribution is 2.34. The first-order valence-electron chi connectivity index (χ1n) is 10.4. The van der Waals surface area contributed by atoms with E-state index >= 15 is 0 Å². The molecule has 0 aromatic heterocycles. The van der Waals surface area contributed by atoms with Crippen LogP contribution in [0.1, 0.15) is 47.1 Å². The number of anilines is 1. The van der Waals surface area contributed by atoms with Gasteiger partial charge in [0.25, 0.3) is 11.8 Å². The second-order valence-corrected chi connectivity index (χ2v) is 9.56. The highest BCUT2D eigenvalue weighted by atomic mass is 79.9. The normalized spacial score (nSPS) is 13.2. The number of imide groups is 1. The van der Waals surface area contributed by atoms with Gasteiger partial charge in [0.15, 0.2) is 6.61 Å². The van der Waals surface area contributed by atoms with Crippen molar-refractivity contribution in [3.63, 3.8) is 0 Å². The lowest BCUT2D eigenvalue weighted by atomic mass is 9.86. The molecule has 4 rings (SSSR count). The van der Waals surface area contributed by atoms with E-state index in [1.807, 2.05) is 12.1 Å². The van der Waals surface area contributed by atoms with Gasteiger partial charge in [-0.2, -0.15) is 0 Å². The van der Waals surface area contributed by atoms with Crippen molar-refractivity contribution in [2.24, 2.45) is 0 Å². The number of benzene rings is 3. The summed E-state index contributed by atoms with van der Waals surface area (Å²) in [7, 11) is 0. The molecule has 0 saturated heterocycles. The molecule has 7 heteroatoms. The maximum Gasteiger partial charge on any atom is 0.349 e. The quantitative estimate of drug-likeness (QED) is 0.258. The number of rotatable bonds is 5. The van der Waals surface area contributed by atoms with E-state index in [0.717, 1.165) is 14.9 Å². The van der Waals surface area contributed by atoms with Gasteiger partial charge in [0.1, 0.15) is 11.5 Å². The number of halogens is 1. The molecule has 3 aromatic carbocycles. The molecule has 0 fully saturated rings. The number of hydrogen-bond donors (Lipinski definition) is 0. The molecule has 168 valence electrons. The van der Waals surface area contributed by atoms with E-state index in [0.29, 0.717) is 22.6 Å². The second-order valence-electron chi connectivity index (χ2n) is 8.64. The lowest BCUT2D eigenvalue weighted by Gasteiger charge is -2.23. The highest BCUT2D eigenvalue weighted by molar-refractivity contribution is 9.10. The molecule has 3 aromatic rings. The van der Waals surface area contributed by atoms with Crippen LogP contribution in [-0.4, -0.2) is 24.4 Å². The molecule has 33 heavy (non-hydrogen) atoms. The molecule has 0 spiro atoms. The van der Waals surface area contributed by atoms with Crippen LogP contribution in [0.4, 0.5) is 5.69 Å². The lowest BCUT2D eigenvalue weighted by Crippen LogP contribution is -2.29. The molecule has 1 heterocycles. The summed E-state index contributed by atoms with van der Waals surface area (Å²) in [4.78, 5) is 39.0. The monoisotopic (exact) mass is 507 g/mol. The van der Waals surface area contributed by atoms with Crippen molar-refractivity contribution in [1.82, 2.24) is 0 Å². The van der Waals surface area contributed by atoms with E-state index < -0.39 is 17.8 Å². The Morgan fingerprint density at radius 3 is 2.21 bits per heavy atom. The fourth-order valence-electron chi connectivity index (χ4n) is 3.62. The number of amides is 2. The minimum absolute atomic E-state index is 0.177. The zero-order valence-electron chi connectivity index (χ0n) is 18.4. The summed E-state index contributed by atoms with van der Waals surface area (Å²) in [6.45, 7) is 5.89. The van der Waals surface area contributed by atoms with Crippen LogP contribution in [0.15, 0.2) is 71.2 Å². The molecule has 0 saturated carbocycles. The molecular formula is C26H22BrNO5. The highest BCUT2D eigenvalue weighted by Gasteiger charge is 2.36. The number of fused-ring (bicyclic) bond motifs is 1. The average Bonchev–Trinajstić information content (AvgIpc) is 3.03. The summed E-state index contributed by atoms with van der Waals surface area (Å²) in [6, 6.07) is 18.6. The number of ether oxygens (including phenoxy) is 2. The van der Waals surface area contributed by atoms with Crippen LogP contribution in [0.25, 0.3) is 0 Å². The molecule has 0 unspecified atom stereocenters.